The van der Waals surface area contributed by atoms with Crippen molar-refractivity contribution in [3.05, 3.63) is 191 Å². The van der Waals surface area contributed by atoms with Gasteiger partial charge < -0.3 is 29.8 Å². The highest BCUT2D eigenvalue weighted by Gasteiger charge is 2.13. The highest BCUT2D eigenvalue weighted by Crippen LogP contribution is 2.21. The number of aliphatic imine (C=N–C) groups is 2. The Hall–Kier alpha value is -8.14. The van der Waals surface area contributed by atoms with E-state index in [9.17, 15) is 18.4 Å². The number of nitrogens with zero attached hydrogens (tertiary/aromatic N) is 4. The van der Waals surface area contributed by atoms with Crippen molar-refractivity contribution in [3.63, 3.8) is 0 Å². The van der Waals surface area contributed by atoms with Gasteiger partial charge in [-0.3, -0.25) is 0 Å². The Morgan fingerprint density at radius 2 is 0.919 bits per heavy atom. The van der Waals surface area contributed by atoms with Gasteiger partial charge >= 0.3 is 11.9 Å². The number of aromatic nitrogens is 2. The molecule has 0 saturated carbocycles. The number of guanidine groups is 2. The van der Waals surface area contributed by atoms with Crippen LogP contribution in [-0.2, 0) is 45.2 Å². The van der Waals surface area contributed by atoms with Crippen molar-refractivity contribution in [2.45, 2.75) is 25.9 Å². The molecule has 0 aliphatic carbocycles. The molecule has 0 aliphatic rings. The van der Waals surface area contributed by atoms with Crippen molar-refractivity contribution < 1.29 is 37.5 Å². The zero-order chi connectivity index (χ0) is 43.5. The van der Waals surface area contributed by atoms with Crippen molar-refractivity contribution in [1.29, 1.82) is 0 Å². The number of hydrogen-bond donors (Lipinski definition) is 4. The third-order valence-electron chi connectivity index (χ3n) is 8.88. The van der Waals surface area contributed by atoms with E-state index in [1.54, 1.807) is 63.0 Å². The minimum atomic E-state index is -0.974. The van der Waals surface area contributed by atoms with Gasteiger partial charge in [0.25, 0.3) is 0 Å². The molecule has 4 N–H and O–H groups in total. The highest BCUT2D eigenvalue weighted by molar-refractivity contribution is 5.97. The molecule has 14 nitrogen and oxygen atoms in total. The lowest BCUT2D eigenvalue weighted by Gasteiger charge is -2.14. The first-order valence-electron chi connectivity index (χ1n) is 19.1. The van der Waals surface area contributed by atoms with Gasteiger partial charge in [0, 0.05) is 37.4 Å². The Kier molecular flexibility index (Phi) is 15.6. The highest BCUT2D eigenvalue weighted by atomic mass is 19.1. The number of halogens is 2. The number of hydroxylamine groups is 2. The molecule has 6 rings (SSSR count). The molecule has 0 unspecified atom stereocenters. The number of ether oxygens (including phenoxy) is 2. The molecule has 0 radical (unpaired) electrons. The first kappa shape index (κ1) is 43.4. The molecule has 2 aromatic heterocycles. The molecule has 0 amide bonds. The molecule has 62 heavy (non-hydrogen) atoms. The molecule has 0 saturated heterocycles. The molecule has 0 atom stereocenters. The van der Waals surface area contributed by atoms with Gasteiger partial charge in [-0.2, -0.15) is 11.0 Å². The molecule has 4 aromatic carbocycles. The van der Waals surface area contributed by atoms with Crippen LogP contribution in [0.5, 0.6) is 11.5 Å². The minimum absolute atomic E-state index is 0.00367. The normalized spacial score (nSPS) is 11.4. The summed E-state index contributed by atoms with van der Waals surface area (Å²) in [4.78, 5) is 54.0. The maximum absolute atomic E-state index is 13.6. The Morgan fingerprint density at radius 3 is 1.29 bits per heavy atom. The van der Waals surface area contributed by atoms with Gasteiger partial charge in [0.2, 0.25) is 11.9 Å². The Morgan fingerprint density at radius 1 is 0.548 bits per heavy atom. The van der Waals surface area contributed by atoms with E-state index in [2.05, 4.69) is 41.5 Å². The number of methoxy groups -OCH3 is 2. The average molecular weight is 841 g/mol. The molecule has 6 aromatic rings. The molecule has 316 valence electrons. The van der Waals surface area contributed by atoms with Crippen LogP contribution >= 0.6 is 0 Å². The fourth-order valence-electron chi connectivity index (χ4n) is 5.65. The fraction of sp³-hybridized carbons (Fsp3) is 0.130. The summed E-state index contributed by atoms with van der Waals surface area (Å²) < 4.78 is 37.7. The topological polar surface area (TPSA) is 170 Å². The largest absolute Gasteiger partial charge is 0.497 e. The maximum atomic E-state index is 13.6. The number of carbonyl (C=O) groups excluding carboxylic acids is 2. The van der Waals surface area contributed by atoms with Crippen LogP contribution < -0.4 is 31.1 Å². The quantitative estimate of drug-likeness (QED) is 0.0376. The summed E-state index contributed by atoms with van der Waals surface area (Å²) in [5, 5.41) is 6.14. The zero-order valence-corrected chi connectivity index (χ0v) is 33.7. The Labute approximate surface area is 356 Å². The maximum Gasteiger partial charge on any atom is 0.356 e. The Bertz CT molecular complexity index is 2330. The lowest BCUT2D eigenvalue weighted by molar-refractivity contribution is -0.144. The van der Waals surface area contributed by atoms with E-state index in [-0.39, 0.29) is 25.0 Å². The van der Waals surface area contributed by atoms with Crippen LogP contribution in [0.25, 0.3) is 0 Å². The first-order valence-corrected chi connectivity index (χ1v) is 19.1. The summed E-state index contributed by atoms with van der Waals surface area (Å²) >= 11 is 0. The van der Waals surface area contributed by atoms with Crippen molar-refractivity contribution in [2.75, 3.05) is 24.9 Å². The van der Waals surface area contributed by atoms with Crippen LogP contribution in [0, 0.1) is 11.6 Å². The molecular formula is C46H42F2N8O6. The number of nitrogens with one attached hydrogen (secondary N) is 4. The summed E-state index contributed by atoms with van der Waals surface area (Å²) in [6.07, 6.45) is 5.89. The fourth-order valence-corrected chi connectivity index (χ4v) is 5.65. The summed E-state index contributed by atoms with van der Waals surface area (Å²) in [6, 6.07) is 34.1. The number of hydrogen-bond acceptors (Lipinski definition) is 10. The van der Waals surface area contributed by atoms with Gasteiger partial charge in [-0.15, -0.1) is 0 Å². The van der Waals surface area contributed by atoms with Gasteiger partial charge in [-0.1, -0.05) is 60.7 Å². The third-order valence-corrected chi connectivity index (χ3v) is 8.88. The minimum Gasteiger partial charge on any atom is -0.497 e. The second-order valence-electron chi connectivity index (χ2n) is 13.3. The predicted octanol–water partition coefficient (Wildman–Crippen LogP) is 7.24. The van der Waals surface area contributed by atoms with Crippen molar-refractivity contribution in [2.24, 2.45) is 9.98 Å². The number of pyridine rings is 2. The van der Waals surface area contributed by atoms with E-state index in [1.807, 2.05) is 60.7 Å². The summed E-state index contributed by atoms with van der Waals surface area (Å²) in [5.74, 6) is -0.422. The summed E-state index contributed by atoms with van der Waals surface area (Å²) in [7, 11) is 3.19. The van der Waals surface area contributed by atoms with E-state index in [0.717, 1.165) is 45.9 Å². The standard InChI is InChI=1S/C46H42F2N8O6/c1-59-39-19-11-31(12-20-39)27-35-5-3-25-49-43(35)53-45(51-29-33-7-15-37(47)16-8-33)55-61-41(57)23-24-42(58)62-56-46(52-30-34-9-17-38(48)18-10-34)54-44-36(6-4-26-50-44)28-32-13-21-40(60-2)22-14-32/h3-26H,27-30H2,1-2H3,(H2,49,51,53,55)(H2,50,52,54,56)/b24-23-. The molecule has 0 bridgehead atoms. The number of carbonyl (C=O) groups is 2. The second-order valence-corrected chi connectivity index (χ2v) is 13.3. The van der Waals surface area contributed by atoms with Crippen LogP contribution in [0.2, 0.25) is 0 Å². The molecule has 0 aliphatic heterocycles. The number of rotatable bonds is 14. The molecular weight excluding hydrogens is 799 g/mol. The average Bonchev–Trinajstić information content (AvgIpc) is 3.30. The number of anilines is 2. The van der Waals surface area contributed by atoms with Gasteiger partial charge in [0.15, 0.2) is 0 Å². The lowest BCUT2D eigenvalue weighted by atomic mass is 10.1. The van der Waals surface area contributed by atoms with Crippen LogP contribution in [0.4, 0.5) is 20.4 Å². The van der Waals surface area contributed by atoms with E-state index in [0.29, 0.717) is 35.6 Å². The van der Waals surface area contributed by atoms with E-state index >= 15 is 0 Å². The Balaban J connectivity index is 1.10. The van der Waals surface area contributed by atoms with Crippen molar-refractivity contribution >= 4 is 35.5 Å². The van der Waals surface area contributed by atoms with Crippen LogP contribution in [0.1, 0.15) is 33.4 Å². The molecule has 16 heteroatoms. The smallest absolute Gasteiger partial charge is 0.356 e. The molecule has 2 heterocycles. The SMILES string of the molecule is COc1ccc(Cc2cccnc2NC(=NCc2ccc(F)cc2)NOC(=O)/C=C\C(=O)ONC(=NCc2ccc(F)cc2)Nc2ncccc2Cc2ccc(OC)cc2)cc1. The van der Waals surface area contributed by atoms with Gasteiger partial charge in [0.1, 0.15) is 34.8 Å². The summed E-state index contributed by atoms with van der Waals surface area (Å²) in [5.41, 5.74) is 9.95. The second kappa shape index (κ2) is 22.3. The van der Waals surface area contributed by atoms with Crippen molar-refractivity contribution in [1.82, 2.24) is 20.9 Å². The van der Waals surface area contributed by atoms with Crippen LogP contribution in [0.3, 0.4) is 0 Å². The van der Waals surface area contributed by atoms with E-state index in [4.69, 9.17) is 19.1 Å². The van der Waals surface area contributed by atoms with Crippen LogP contribution in [-0.4, -0.2) is 48.0 Å². The lowest BCUT2D eigenvalue weighted by Crippen LogP contribution is -2.34. The van der Waals surface area contributed by atoms with Gasteiger partial charge in [-0.25, -0.2) is 38.3 Å². The monoisotopic (exact) mass is 840 g/mol. The molecule has 0 fully saturated rings. The third kappa shape index (κ3) is 13.7. The van der Waals surface area contributed by atoms with Gasteiger partial charge in [0.05, 0.1) is 27.3 Å². The van der Waals surface area contributed by atoms with Gasteiger partial charge in [-0.05, 0) is 94.0 Å². The molecule has 0 spiro atoms. The van der Waals surface area contributed by atoms with E-state index < -0.39 is 23.6 Å². The summed E-state index contributed by atoms with van der Waals surface area (Å²) in [6.45, 7) is 0.171. The number of benzene rings is 4. The zero-order valence-electron chi connectivity index (χ0n) is 33.7. The predicted molar refractivity (Wildman–Crippen MR) is 230 cm³/mol. The first-order chi connectivity index (χ1) is 30.2. The van der Waals surface area contributed by atoms with Crippen molar-refractivity contribution in [3.8, 4) is 11.5 Å². The van der Waals surface area contributed by atoms with Crippen LogP contribution in [0.15, 0.2) is 156 Å². The van der Waals surface area contributed by atoms with E-state index in [1.165, 1.54) is 24.3 Å².